The van der Waals surface area contributed by atoms with Crippen molar-refractivity contribution in [2.75, 3.05) is 0 Å². The number of rotatable bonds is 0. The van der Waals surface area contributed by atoms with Gasteiger partial charge in [0.15, 0.2) is 5.43 Å². The molecule has 0 aliphatic carbocycles. The van der Waals surface area contributed by atoms with Crippen molar-refractivity contribution in [1.29, 1.82) is 0 Å². The first-order valence-corrected chi connectivity index (χ1v) is 5.12. The number of H-pyrrole nitrogens is 1. The number of alkyl halides is 3. The number of aromatic amines is 1. The van der Waals surface area contributed by atoms with E-state index in [-0.39, 0.29) is 5.39 Å². The molecule has 1 N–H and O–H groups in total. The van der Waals surface area contributed by atoms with Crippen LogP contribution in [0, 0.1) is 19.7 Å². The van der Waals surface area contributed by atoms with E-state index in [9.17, 15) is 22.4 Å². The van der Waals surface area contributed by atoms with Crippen molar-refractivity contribution in [3.63, 3.8) is 0 Å². The Balaban J connectivity index is 3.02. The fourth-order valence-corrected chi connectivity index (χ4v) is 1.90. The Kier molecular flexibility index (Phi) is 2.68. The average Bonchev–Trinajstić information content (AvgIpc) is 2.26. The average molecular weight is 259 g/mol. The highest BCUT2D eigenvalue weighted by Gasteiger charge is 2.35. The minimum atomic E-state index is -4.71. The molecule has 0 amide bonds. The SMILES string of the molecule is Cc1c(C(F)(F)F)[nH]c2c(F)ccc(C)c2c1=O. The first-order chi connectivity index (χ1) is 8.23. The third-order valence-corrected chi connectivity index (χ3v) is 2.84. The Morgan fingerprint density at radius 3 is 2.33 bits per heavy atom. The van der Waals surface area contributed by atoms with Crippen molar-refractivity contribution >= 4 is 10.9 Å². The molecule has 0 aliphatic heterocycles. The molecule has 0 bridgehead atoms. The van der Waals surface area contributed by atoms with Crippen LogP contribution in [0.15, 0.2) is 16.9 Å². The second kappa shape index (κ2) is 3.83. The molecule has 96 valence electrons. The Labute approximate surface area is 99.3 Å². The van der Waals surface area contributed by atoms with Crippen LogP contribution in [0.4, 0.5) is 17.6 Å². The van der Waals surface area contributed by atoms with Gasteiger partial charge in [0, 0.05) is 5.56 Å². The molecule has 0 aliphatic rings. The van der Waals surface area contributed by atoms with Gasteiger partial charge in [-0.05, 0) is 25.5 Å². The minimum absolute atomic E-state index is 0.0412. The molecule has 1 heterocycles. The van der Waals surface area contributed by atoms with Crippen LogP contribution in [0.5, 0.6) is 0 Å². The van der Waals surface area contributed by atoms with Crippen LogP contribution >= 0.6 is 0 Å². The van der Waals surface area contributed by atoms with Gasteiger partial charge in [0.1, 0.15) is 11.5 Å². The van der Waals surface area contributed by atoms with E-state index >= 15 is 0 Å². The maximum absolute atomic E-state index is 13.5. The first kappa shape index (κ1) is 12.6. The van der Waals surface area contributed by atoms with Crippen LogP contribution in [0.2, 0.25) is 0 Å². The van der Waals surface area contributed by atoms with Crippen molar-refractivity contribution in [2.45, 2.75) is 20.0 Å². The summed E-state index contributed by atoms with van der Waals surface area (Å²) in [5.41, 5.74) is -2.43. The number of hydrogen-bond acceptors (Lipinski definition) is 1. The van der Waals surface area contributed by atoms with Crippen molar-refractivity contribution in [1.82, 2.24) is 4.98 Å². The highest BCUT2D eigenvalue weighted by molar-refractivity contribution is 5.83. The lowest BCUT2D eigenvalue weighted by Crippen LogP contribution is -2.19. The van der Waals surface area contributed by atoms with Crippen LogP contribution in [-0.2, 0) is 6.18 Å². The van der Waals surface area contributed by atoms with Crippen molar-refractivity contribution in [3.8, 4) is 0 Å². The Hall–Kier alpha value is -1.85. The zero-order valence-electron chi connectivity index (χ0n) is 9.57. The van der Waals surface area contributed by atoms with Gasteiger partial charge < -0.3 is 4.98 Å². The van der Waals surface area contributed by atoms with E-state index in [1.165, 1.54) is 6.07 Å². The summed E-state index contributed by atoms with van der Waals surface area (Å²) in [5.74, 6) is -0.877. The van der Waals surface area contributed by atoms with E-state index in [1.807, 2.05) is 4.98 Å². The number of aromatic nitrogens is 1. The van der Waals surface area contributed by atoms with Gasteiger partial charge >= 0.3 is 6.18 Å². The summed E-state index contributed by atoms with van der Waals surface area (Å²) in [7, 11) is 0. The Morgan fingerprint density at radius 1 is 1.17 bits per heavy atom. The number of benzene rings is 1. The van der Waals surface area contributed by atoms with Gasteiger partial charge in [-0.25, -0.2) is 4.39 Å². The molecule has 1 aromatic heterocycles. The van der Waals surface area contributed by atoms with Gasteiger partial charge in [0.25, 0.3) is 0 Å². The molecule has 0 radical (unpaired) electrons. The largest absolute Gasteiger partial charge is 0.431 e. The van der Waals surface area contributed by atoms with Gasteiger partial charge in [-0.2, -0.15) is 13.2 Å². The van der Waals surface area contributed by atoms with E-state index in [0.717, 1.165) is 13.0 Å². The maximum Gasteiger partial charge on any atom is 0.431 e. The highest BCUT2D eigenvalue weighted by Crippen LogP contribution is 2.31. The van der Waals surface area contributed by atoms with Crippen LogP contribution in [0.1, 0.15) is 16.8 Å². The maximum atomic E-state index is 13.5. The smallest absolute Gasteiger partial charge is 0.348 e. The summed E-state index contributed by atoms with van der Waals surface area (Å²) >= 11 is 0. The molecule has 0 spiro atoms. The minimum Gasteiger partial charge on any atom is -0.348 e. The molecular weight excluding hydrogens is 250 g/mol. The van der Waals surface area contributed by atoms with E-state index in [2.05, 4.69) is 0 Å². The number of pyridine rings is 1. The molecule has 1 aromatic carbocycles. The third-order valence-electron chi connectivity index (χ3n) is 2.84. The molecule has 0 fully saturated rings. The van der Waals surface area contributed by atoms with Crippen LogP contribution in [0.3, 0.4) is 0 Å². The molecule has 18 heavy (non-hydrogen) atoms. The zero-order chi connectivity index (χ0) is 13.7. The van der Waals surface area contributed by atoms with Crippen molar-refractivity contribution in [2.24, 2.45) is 0 Å². The van der Waals surface area contributed by atoms with E-state index in [4.69, 9.17) is 0 Å². The summed E-state index contributed by atoms with van der Waals surface area (Å²) in [4.78, 5) is 13.9. The summed E-state index contributed by atoms with van der Waals surface area (Å²) < 4.78 is 51.6. The normalized spacial score (nSPS) is 12.1. The molecule has 2 rings (SSSR count). The molecule has 2 aromatic rings. The molecular formula is C12H9F4NO. The van der Waals surface area contributed by atoms with Crippen molar-refractivity contribution in [3.05, 3.63) is 45.0 Å². The van der Waals surface area contributed by atoms with E-state index in [0.29, 0.717) is 5.56 Å². The Bertz CT molecular complexity index is 685. The van der Waals surface area contributed by atoms with Gasteiger partial charge in [-0.3, -0.25) is 4.79 Å². The lowest BCUT2D eigenvalue weighted by atomic mass is 10.0. The lowest BCUT2D eigenvalue weighted by molar-refractivity contribution is -0.141. The summed E-state index contributed by atoms with van der Waals surface area (Å²) in [6.45, 7) is 2.62. The predicted molar refractivity (Wildman–Crippen MR) is 59.0 cm³/mol. The monoisotopic (exact) mass is 259 g/mol. The summed E-state index contributed by atoms with van der Waals surface area (Å²) in [6.07, 6.45) is -4.71. The van der Waals surface area contributed by atoms with Crippen LogP contribution < -0.4 is 5.43 Å². The second-order valence-corrected chi connectivity index (χ2v) is 4.07. The number of hydrogen-bond donors (Lipinski definition) is 1. The van der Waals surface area contributed by atoms with Gasteiger partial charge in [-0.15, -0.1) is 0 Å². The molecule has 2 nitrogen and oxygen atoms in total. The lowest BCUT2D eigenvalue weighted by Gasteiger charge is -2.12. The quantitative estimate of drug-likeness (QED) is 0.723. The van der Waals surface area contributed by atoms with Crippen LogP contribution in [-0.4, -0.2) is 4.98 Å². The number of aryl methyl sites for hydroxylation is 1. The van der Waals surface area contributed by atoms with E-state index in [1.54, 1.807) is 6.92 Å². The molecule has 0 saturated heterocycles. The Morgan fingerprint density at radius 2 is 1.78 bits per heavy atom. The zero-order valence-corrected chi connectivity index (χ0v) is 9.57. The topological polar surface area (TPSA) is 32.9 Å². The van der Waals surface area contributed by atoms with Crippen LogP contribution in [0.25, 0.3) is 10.9 Å². The number of fused-ring (bicyclic) bond motifs is 1. The van der Waals surface area contributed by atoms with Gasteiger partial charge in [0.2, 0.25) is 0 Å². The van der Waals surface area contributed by atoms with Gasteiger partial charge in [0.05, 0.1) is 10.9 Å². The van der Waals surface area contributed by atoms with E-state index < -0.39 is 34.2 Å². The number of halogens is 4. The molecule has 0 unspecified atom stereocenters. The standard InChI is InChI=1S/C12H9F4NO/c1-5-3-4-7(13)9-8(5)10(18)6(2)11(17-9)12(14,15)16/h3-4H,1-2H3,(H,17,18). The van der Waals surface area contributed by atoms with Crippen molar-refractivity contribution < 1.29 is 17.6 Å². The molecule has 6 heteroatoms. The first-order valence-electron chi connectivity index (χ1n) is 5.12. The predicted octanol–water partition coefficient (Wildman–Crippen LogP) is 3.30. The second-order valence-electron chi connectivity index (χ2n) is 4.07. The summed E-state index contributed by atoms with van der Waals surface area (Å²) in [5, 5.41) is -0.0412. The molecule has 0 saturated carbocycles. The number of nitrogens with one attached hydrogen (secondary N) is 1. The molecule has 0 atom stereocenters. The fraction of sp³-hybridized carbons (Fsp3) is 0.250. The summed E-state index contributed by atoms with van der Waals surface area (Å²) in [6, 6.07) is 2.39. The fourth-order valence-electron chi connectivity index (χ4n) is 1.90. The third kappa shape index (κ3) is 1.77. The van der Waals surface area contributed by atoms with Gasteiger partial charge in [-0.1, -0.05) is 6.07 Å². The highest BCUT2D eigenvalue weighted by atomic mass is 19.4.